The largest absolute Gasteiger partial charge is 0.507 e. The predicted molar refractivity (Wildman–Crippen MR) is 107 cm³/mol. The van der Waals surface area contributed by atoms with Crippen LogP contribution in [0.5, 0.6) is 11.5 Å². The molecule has 0 spiro atoms. The number of carbonyl (C=O) groups is 1. The van der Waals surface area contributed by atoms with Crippen LogP contribution in [0.3, 0.4) is 0 Å². The number of phenols is 1. The van der Waals surface area contributed by atoms with Gasteiger partial charge in [0.1, 0.15) is 22.5 Å². The van der Waals surface area contributed by atoms with Crippen LogP contribution in [0, 0.1) is 0 Å². The summed E-state index contributed by atoms with van der Waals surface area (Å²) >= 11 is 0. The zero-order valence-electron chi connectivity index (χ0n) is 15.3. The fourth-order valence-corrected chi connectivity index (χ4v) is 2.65. The molecule has 3 N–H and O–H groups in total. The summed E-state index contributed by atoms with van der Waals surface area (Å²) in [6, 6.07) is 16.6. The van der Waals surface area contributed by atoms with E-state index in [0.717, 1.165) is 5.75 Å². The molecular formula is C20H16N6O3. The van der Waals surface area contributed by atoms with Crippen LogP contribution in [0.2, 0.25) is 0 Å². The highest BCUT2D eigenvalue weighted by Crippen LogP contribution is 2.27. The number of anilines is 1. The maximum absolute atomic E-state index is 12.6. The van der Waals surface area contributed by atoms with Crippen molar-refractivity contribution in [3.8, 4) is 11.5 Å². The fraction of sp³-hybridized carbons (Fsp3) is 0.0500. The number of aromatic hydroxyl groups is 1. The van der Waals surface area contributed by atoms with Crippen molar-refractivity contribution in [1.29, 1.82) is 0 Å². The van der Waals surface area contributed by atoms with E-state index in [0.29, 0.717) is 28.1 Å². The number of carbonyl (C=O) groups excluding carboxylic acids is 1. The average Bonchev–Trinajstić information content (AvgIpc) is 3.21. The summed E-state index contributed by atoms with van der Waals surface area (Å²) in [5.41, 5.74) is 2.97. The quantitative estimate of drug-likeness (QED) is 0.439. The lowest BCUT2D eigenvalue weighted by Gasteiger charge is -2.07. The molecule has 144 valence electrons. The van der Waals surface area contributed by atoms with Gasteiger partial charge in [-0.3, -0.25) is 4.79 Å². The van der Waals surface area contributed by atoms with Crippen molar-refractivity contribution in [1.82, 2.24) is 15.4 Å². The molecule has 0 fully saturated rings. The summed E-state index contributed by atoms with van der Waals surface area (Å²) in [7, 11) is 1.59. The number of nitrogens with zero attached hydrogens (tertiary/aromatic N) is 4. The number of nitrogens with one attached hydrogen (secondary N) is 2. The first-order chi connectivity index (χ1) is 14.1. The molecule has 0 saturated carbocycles. The second-order valence-electron chi connectivity index (χ2n) is 6.08. The van der Waals surface area contributed by atoms with Crippen LogP contribution in [0.4, 0.5) is 17.1 Å². The number of hydrogen-bond donors (Lipinski definition) is 3. The minimum atomic E-state index is -0.480. The fourth-order valence-electron chi connectivity index (χ4n) is 2.65. The van der Waals surface area contributed by atoms with Crippen molar-refractivity contribution in [2.24, 2.45) is 10.2 Å². The van der Waals surface area contributed by atoms with Gasteiger partial charge >= 0.3 is 0 Å². The number of methoxy groups -OCH3 is 1. The minimum absolute atomic E-state index is 0.0800. The standard InChI is InChI=1S/C20H16N6O3/c1-29-15-6-2-12(3-7-15)22-23-14-5-9-19(27)16(10-14)20(28)21-13-4-8-17-18(11-13)25-26-24-17/h2-11,27H,1H3,(H,21,28)(H,24,25,26). The number of hydrogen-bond acceptors (Lipinski definition) is 7. The summed E-state index contributed by atoms with van der Waals surface area (Å²) in [6.45, 7) is 0. The van der Waals surface area contributed by atoms with Gasteiger partial charge < -0.3 is 15.2 Å². The van der Waals surface area contributed by atoms with Gasteiger partial charge in [0, 0.05) is 5.69 Å². The highest BCUT2D eigenvalue weighted by molar-refractivity contribution is 6.07. The lowest BCUT2D eigenvalue weighted by Crippen LogP contribution is -2.11. The Bertz CT molecular complexity index is 1200. The van der Waals surface area contributed by atoms with Crippen LogP contribution in [0.15, 0.2) is 70.9 Å². The molecule has 0 bridgehead atoms. The number of aromatic nitrogens is 3. The number of fused-ring (bicyclic) bond motifs is 1. The Morgan fingerprint density at radius 2 is 1.69 bits per heavy atom. The molecule has 29 heavy (non-hydrogen) atoms. The smallest absolute Gasteiger partial charge is 0.259 e. The molecule has 0 atom stereocenters. The second kappa shape index (κ2) is 7.77. The first-order valence-electron chi connectivity index (χ1n) is 8.63. The molecule has 9 nitrogen and oxygen atoms in total. The average molecular weight is 388 g/mol. The third-order valence-electron chi connectivity index (χ3n) is 4.15. The van der Waals surface area contributed by atoms with Crippen LogP contribution in [0.25, 0.3) is 11.0 Å². The van der Waals surface area contributed by atoms with Crippen molar-refractivity contribution in [3.05, 3.63) is 66.2 Å². The Morgan fingerprint density at radius 1 is 0.966 bits per heavy atom. The Morgan fingerprint density at radius 3 is 2.48 bits per heavy atom. The first-order valence-corrected chi connectivity index (χ1v) is 8.63. The number of rotatable bonds is 5. The molecule has 9 heteroatoms. The summed E-state index contributed by atoms with van der Waals surface area (Å²) in [5.74, 6) is 0.0802. The molecule has 4 rings (SSSR count). The maximum Gasteiger partial charge on any atom is 0.259 e. The monoisotopic (exact) mass is 388 g/mol. The van der Waals surface area contributed by atoms with E-state index in [1.54, 1.807) is 55.6 Å². The molecule has 0 unspecified atom stereocenters. The van der Waals surface area contributed by atoms with E-state index in [9.17, 15) is 9.90 Å². The van der Waals surface area contributed by atoms with Gasteiger partial charge in [-0.1, -0.05) is 0 Å². The van der Waals surface area contributed by atoms with Crippen LogP contribution in [0.1, 0.15) is 10.4 Å². The third-order valence-corrected chi connectivity index (χ3v) is 4.15. The lowest BCUT2D eigenvalue weighted by molar-refractivity contribution is 0.102. The van der Waals surface area contributed by atoms with Crippen LogP contribution in [-0.4, -0.2) is 33.5 Å². The van der Waals surface area contributed by atoms with Crippen molar-refractivity contribution in [3.63, 3.8) is 0 Å². The number of phenolic OH excluding ortho intramolecular Hbond substituents is 1. The summed E-state index contributed by atoms with van der Waals surface area (Å²) in [4.78, 5) is 12.6. The predicted octanol–water partition coefficient (Wildman–Crippen LogP) is 4.34. The van der Waals surface area contributed by atoms with E-state index in [1.165, 1.54) is 12.1 Å². The topological polar surface area (TPSA) is 125 Å². The Hall–Kier alpha value is -4.27. The van der Waals surface area contributed by atoms with Gasteiger partial charge in [0.25, 0.3) is 5.91 Å². The molecule has 3 aromatic carbocycles. The van der Waals surface area contributed by atoms with Crippen molar-refractivity contribution in [2.45, 2.75) is 0 Å². The van der Waals surface area contributed by atoms with Gasteiger partial charge in [-0.15, -0.1) is 0 Å². The van der Waals surface area contributed by atoms with Gasteiger partial charge in [0.15, 0.2) is 0 Å². The zero-order valence-corrected chi connectivity index (χ0v) is 15.3. The van der Waals surface area contributed by atoms with E-state index in [2.05, 4.69) is 31.0 Å². The Labute approximate surface area is 165 Å². The number of aromatic amines is 1. The summed E-state index contributed by atoms with van der Waals surface area (Å²) in [5, 5.41) is 31.5. The van der Waals surface area contributed by atoms with Gasteiger partial charge in [-0.25, -0.2) is 0 Å². The van der Waals surface area contributed by atoms with Crippen LogP contribution < -0.4 is 10.1 Å². The number of amides is 1. The van der Waals surface area contributed by atoms with E-state index in [1.807, 2.05) is 0 Å². The SMILES string of the molecule is COc1ccc(N=Nc2ccc(O)c(C(=O)Nc3ccc4n[nH]nc4c3)c2)cc1. The van der Waals surface area contributed by atoms with E-state index in [-0.39, 0.29) is 11.3 Å². The van der Waals surface area contributed by atoms with Gasteiger partial charge in [-0.05, 0) is 60.7 Å². The van der Waals surface area contributed by atoms with Crippen LogP contribution in [-0.2, 0) is 0 Å². The molecule has 4 aromatic rings. The normalized spacial score (nSPS) is 11.1. The third kappa shape index (κ3) is 4.03. The Kier molecular flexibility index (Phi) is 4.85. The summed E-state index contributed by atoms with van der Waals surface area (Å²) in [6.07, 6.45) is 0. The van der Waals surface area contributed by atoms with E-state index in [4.69, 9.17) is 4.74 Å². The van der Waals surface area contributed by atoms with Gasteiger partial charge in [-0.2, -0.15) is 25.6 Å². The summed E-state index contributed by atoms with van der Waals surface area (Å²) < 4.78 is 5.10. The van der Waals surface area contributed by atoms with Crippen molar-refractivity contribution >= 4 is 34.0 Å². The number of H-pyrrole nitrogens is 1. The number of ether oxygens (including phenoxy) is 1. The lowest BCUT2D eigenvalue weighted by atomic mass is 10.1. The molecule has 0 saturated heterocycles. The van der Waals surface area contributed by atoms with Crippen LogP contribution >= 0.6 is 0 Å². The van der Waals surface area contributed by atoms with Gasteiger partial charge in [0.2, 0.25) is 0 Å². The molecule has 1 aromatic heterocycles. The highest BCUT2D eigenvalue weighted by Gasteiger charge is 2.13. The molecule has 0 aliphatic rings. The van der Waals surface area contributed by atoms with E-state index < -0.39 is 5.91 Å². The van der Waals surface area contributed by atoms with Crippen molar-refractivity contribution < 1.29 is 14.6 Å². The zero-order chi connectivity index (χ0) is 20.2. The number of azo groups is 1. The highest BCUT2D eigenvalue weighted by atomic mass is 16.5. The first kappa shape index (κ1) is 18.1. The second-order valence-corrected chi connectivity index (χ2v) is 6.08. The number of benzene rings is 3. The maximum atomic E-state index is 12.6. The molecule has 0 aliphatic heterocycles. The van der Waals surface area contributed by atoms with Gasteiger partial charge in [0.05, 0.1) is 24.0 Å². The Balaban J connectivity index is 1.53. The minimum Gasteiger partial charge on any atom is -0.507 e. The molecule has 1 heterocycles. The van der Waals surface area contributed by atoms with Crippen molar-refractivity contribution in [2.75, 3.05) is 12.4 Å². The van der Waals surface area contributed by atoms with E-state index >= 15 is 0 Å². The molecule has 0 aliphatic carbocycles. The molecule has 0 radical (unpaired) electrons. The molecule has 1 amide bonds. The molecular weight excluding hydrogens is 372 g/mol.